The van der Waals surface area contributed by atoms with Gasteiger partial charge in [-0.3, -0.25) is 4.90 Å². The van der Waals surface area contributed by atoms with Gasteiger partial charge < -0.3 is 4.90 Å². The van der Waals surface area contributed by atoms with Crippen molar-refractivity contribution in [3.05, 3.63) is 35.6 Å². The second kappa shape index (κ2) is 6.85. The summed E-state index contributed by atoms with van der Waals surface area (Å²) < 4.78 is 36.7. The van der Waals surface area contributed by atoms with E-state index in [-0.39, 0.29) is 23.4 Å². The molecule has 0 spiro atoms. The summed E-state index contributed by atoms with van der Waals surface area (Å²) in [6.45, 7) is 2.22. The van der Waals surface area contributed by atoms with E-state index >= 15 is 0 Å². The molecule has 0 N–H and O–H groups in total. The minimum atomic E-state index is -2.91. The number of sulfone groups is 1. The Balaban J connectivity index is 2.08. The summed E-state index contributed by atoms with van der Waals surface area (Å²) in [5.41, 5.74) is 0.887. The summed E-state index contributed by atoms with van der Waals surface area (Å²) in [4.78, 5) is 4.24. The number of halogens is 1. The van der Waals surface area contributed by atoms with Crippen molar-refractivity contribution in [1.29, 1.82) is 0 Å². The topological polar surface area (TPSA) is 40.6 Å². The predicted molar refractivity (Wildman–Crippen MR) is 82.4 cm³/mol. The van der Waals surface area contributed by atoms with Crippen molar-refractivity contribution in [2.24, 2.45) is 0 Å². The first-order valence-electron chi connectivity index (χ1n) is 7.19. The number of rotatable bonds is 6. The fraction of sp³-hybridized carbons (Fsp3) is 0.600. The smallest absolute Gasteiger partial charge is 0.151 e. The van der Waals surface area contributed by atoms with Crippen LogP contribution in [0.1, 0.15) is 12.0 Å². The Bertz CT molecular complexity index is 575. The summed E-state index contributed by atoms with van der Waals surface area (Å²) in [6.07, 6.45) is 0.672. The van der Waals surface area contributed by atoms with Gasteiger partial charge in [-0.2, -0.15) is 0 Å². The molecule has 6 heteroatoms. The Morgan fingerprint density at radius 1 is 1.29 bits per heavy atom. The first-order valence-corrected chi connectivity index (χ1v) is 9.01. The van der Waals surface area contributed by atoms with E-state index in [1.807, 2.05) is 20.2 Å². The molecule has 0 aliphatic carbocycles. The van der Waals surface area contributed by atoms with E-state index in [4.69, 9.17) is 0 Å². The average molecular weight is 314 g/mol. The van der Waals surface area contributed by atoms with Crippen molar-refractivity contribution in [3.63, 3.8) is 0 Å². The normalized spacial score (nSPS) is 21.3. The lowest BCUT2D eigenvalue weighted by Crippen LogP contribution is -2.40. The zero-order valence-corrected chi connectivity index (χ0v) is 13.4. The van der Waals surface area contributed by atoms with E-state index < -0.39 is 9.84 Å². The van der Waals surface area contributed by atoms with Crippen molar-refractivity contribution in [2.75, 3.05) is 38.7 Å². The number of hydrogen-bond donors (Lipinski definition) is 0. The Labute approximate surface area is 126 Å². The highest BCUT2D eigenvalue weighted by Crippen LogP contribution is 2.20. The molecule has 2 rings (SSSR count). The van der Waals surface area contributed by atoms with Crippen LogP contribution in [0.4, 0.5) is 4.39 Å². The SMILES string of the molecule is CN(C)CCN(Cc1cccc(F)c1)[C@@H]1CCS(=O)(=O)C1. The molecule has 118 valence electrons. The van der Waals surface area contributed by atoms with Crippen LogP contribution >= 0.6 is 0 Å². The van der Waals surface area contributed by atoms with Gasteiger partial charge in [-0.1, -0.05) is 12.1 Å². The molecular weight excluding hydrogens is 291 g/mol. The van der Waals surface area contributed by atoms with E-state index in [1.54, 1.807) is 6.07 Å². The minimum absolute atomic E-state index is 0.0400. The van der Waals surface area contributed by atoms with E-state index in [0.717, 1.165) is 18.7 Å². The average Bonchev–Trinajstić information content (AvgIpc) is 2.74. The Kier molecular flexibility index (Phi) is 5.35. The van der Waals surface area contributed by atoms with E-state index in [9.17, 15) is 12.8 Å². The van der Waals surface area contributed by atoms with Gasteiger partial charge >= 0.3 is 0 Å². The lowest BCUT2D eigenvalue weighted by atomic mass is 10.1. The summed E-state index contributed by atoms with van der Waals surface area (Å²) in [6, 6.07) is 6.56. The minimum Gasteiger partial charge on any atom is -0.308 e. The van der Waals surface area contributed by atoms with E-state index in [0.29, 0.717) is 13.0 Å². The molecule has 1 aromatic rings. The lowest BCUT2D eigenvalue weighted by molar-refractivity contribution is 0.183. The van der Waals surface area contributed by atoms with Crippen LogP contribution in [0.3, 0.4) is 0 Å². The predicted octanol–water partition coefficient (Wildman–Crippen LogP) is 1.38. The molecule has 0 amide bonds. The van der Waals surface area contributed by atoms with Crippen LogP contribution in [0.2, 0.25) is 0 Å². The maximum Gasteiger partial charge on any atom is 0.151 e. The molecule has 0 aromatic heterocycles. The molecule has 0 bridgehead atoms. The summed E-state index contributed by atoms with van der Waals surface area (Å²) in [5.74, 6) is 0.230. The van der Waals surface area contributed by atoms with Crippen molar-refractivity contribution >= 4 is 9.84 Å². The molecule has 0 unspecified atom stereocenters. The monoisotopic (exact) mass is 314 g/mol. The van der Waals surface area contributed by atoms with E-state index in [2.05, 4.69) is 9.80 Å². The zero-order chi connectivity index (χ0) is 15.5. The van der Waals surface area contributed by atoms with Gasteiger partial charge in [-0.25, -0.2) is 12.8 Å². The van der Waals surface area contributed by atoms with Crippen LogP contribution in [0.5, 0.6) is 0 Å². The maximum absolute atomic E-state index is 13.3. The van der Waals surface area contributed by atoms with Crippen molar-refractivity contribution < 1.29 is 12.8 Å². The Morgan fingerprint density at radius 2 is 2.05 bits per heavy atom. The molecule has 1 fully saturated rings. The highest BCUT2D eigenvalue weighted by Gasteiger charge is 2.32. The number of hydrogen-bond acceptors (Lipinski definition) is 4. The van der Waals surface area contributed by atoms with Crippen molar-refractivity contribution in [1.82, 2.24) is 9.80 Å². The highest BCUT2D eigenvalue weighted by atomic mass is 32.2. The molecule has 1 saturated heterocycles. The molecule has 4 nitrogen and oxygen atoms in total. The Hall–Kier alpha value is -0.980. The third-order valence-corrected chi connectivity index (χ3v) is 5.58. The standard InChI is InChI=1S/C15H23FN2O2S/c1-17(2)7-8-18(15-6-9-21(19,20)12-15)11-13-4-3-5-14(16)10-13/h3-5,10,15H,6-9,11-12H2,1-2H3/t15-/m1/s1. The second-order valence-corrected chi connectivity index (χ2v) is 8.19. The fourth-order valence-electron chi connectivity index (χ4n) is 2.65. The number of nitrogens with zero attached hydrogens (tertiary/aromatic N) is 2. The fourth-order valence-corrected chi connectivity index (χ4v) is 4.41. The van der Waals surface area contributed by atoms with Crippen LogP contribution in [0.25, 0.3) is 0 Å². The van der Waals surface area contributed by atoms with Crippen LogP contribution in [-0.2, 0) is 16.4 Å². The quantitative estimate of drug-likeness (QED) is 0.795. The lowest BCUT2D eigenvalue weighted by Gasteiger charge is -2.29. The molecule has 1 atom stereocenters. The molecule has 0 saturated carbocycles. The summed E-state index contributed by atoms with van der Waals surface area (Å²) in [7, 11) is 1.07. The molecule has 0 radical (unpaired) electrons. The molecule has 1 heterocycles. The van der Waals surface area contributed by atoms with Crippen LogP contribution in [-0.4, -0.2) is 63.0 Å². The summed E-state index contributed by atoms with van der Waals surface area (Å²) in [5, 5.41) is 0. The molecule has 1 aliphatic heterocycles. The molecular formula is C15H23FN2O2S. The van der Waals surface area contributed by atoms with Gasteiger partial charge in [0.1, 0.15) is 5.82 Å². The second-order valence-electron chi connectivity index (χ2n) is 5.96. The number of benzene rings is 1. The highest BCUT2D eigenvalue weighted by molar-refractivity contribution is 7.91. The largest absolute Gasteiger partial charge is 0.308 e. The summed E-state index contributed by atoms with van der Waals surface area (Å²) >= 11 is 0. The van der Waals surface area contributed by atoms with Crippen LogP contribution < -0.4 is 0 Å². The molecule has 1 aliphatic rings. The molecule has 1 aromatic carbocycles. The molecule has 21 heavy (non-hydrogen) atoms. The van der Waals surface area contributed by atoms with Gasteiger partial charge in [0.15, 0.2) is 9.84 Å². The van der Waals surface area contributed by atoms with Gasteiger partial charge in [-0.05, 0) is 38.2 Å². The third kappa shape index (κ3) is 5.05. The first-order chi connectivity index (χ1) is 9.85. The number of likely N-dealkylation sites (N-methyl/N-ethyl adjacent to an activating group) is 1. The van der Waals surface area contributed by atoms with Crippen LogP contribution in [0, 0.1) is 5.82 Å². The van der Waals surface area contributed by atoms with Crippen molar-refractivity contribution in [3.8, 4) is 0 Å². The third-order valence-electron chi connectivity index (χ3n) is 3.83. The van der Waals surface area contributed by atoms with Gasteiger partial charge in [-0.15, -0.1) is 0 Å². The van der Waals surface area contributed by atoms with Gasteiger partial charge in [0.2, 0.25) is 0 Å². The van der Waals surface area contributed by atoms with Gasteiger partial charge in [0.25, 0.3) is 0 Å². The van der Waals surface area contributed by atoms with Gasteiger partial charge in [0, 0.05) is 25.7 Å². The van der Waals surface area contributed by atoms with Gasteiger partial charge in [0.05, 0.1) is 11.5 Å². The van der Waals surface area contributed by atoms with E-state index in [1.165, 1.54) is 12.1 Å². The first kappa shape index (κ1) is 16.4. The zero-order valence-electron chi connectivity index (χ0n) is 12.6. The van der Waals surface area contributed by atoms with Crippen LogP contribution in [0.15, 0.2) is 24.3 Å². The van der Waals surface area contributed by atoms with Crippen molar-refractivity contribution in [2.45, 2.75) is 19.0 Å². The maximum atomic E-state index is 13.3. The Morgan fingerprint density at radius 3 is 2.62 bits per heavy atom.